The van der Waals surface area contributed by atoms with Gasteiger partial charge in [-0.1, -0.05) is 12.1 Å². The van der Waals surface area contributed by atoms with E-state index in [-0.39, 0.29) is 24.8 Å². The molecule has 0 unspecified atom stereocenters. The molecule has 3 rings (SSSR count). The van der Waals surface area contributed by atoms with Crippen LogP contribution in [0.15, 0.2) is 42.5 Å². The molecule has 1 fully saturated rings. The van der Waals surface area contributed by atoms with E-state index in [4.69, 9.17) is 4.74 Å². The highest BCUT2D eigenvalue weighted by Crippen LogP contribution is 2.27. The second-order valence-corrected chi connectivity index (χ2v) is 6.96. The molecule has 1 aliphatic heterocycles. The quantitative estimate of drug-likeness (QED) is 0.806. The number of benzene rings is 2. The van der Waals surface area contributed by atoms with E-state index in [0.717, 1.165) is 16.8 Å². The standard InChI is InChI=1S/C22H24N2O4/c1-4-28-22(27)16-6-5-7-18(11-16)23-21(26)17-12-20(25)24(13-17)19-9-8-14(2)15(3)10-19/h5-11,17H,4,12-13H2,1-3H3,(H,23,26)/t17-/m1/s1. The summed E-state index contributed by atoms with van der Waals surface area (Å²) in [6.45, 7) is 6.38. The first-order valence-electron chi connectivity index (χ1n) is 9.34. The van der Waals surface area contributed by atoms with Crippen molar-refractivity contribution in [3.63, 3.8) is 0 Å². The lowest BCUT2D eigenvalue weighted by Gasteiger charge is -2.18. The van der Waals surface area contributed by atoms with Crippen LogP contribution in [0.1, 0.15) is 34.8 Å². The molecule has 6 heteroatoms. The molecule has 0 spiro atoms. The molecule has 0 aromatic heterocycles. The Morgan fingerprint density at radius 2 is 1.93 bits per heavy atom. The number of ether oxygens (including phenoxy) is 1. The van der Waals surface area contributed by atoms with Gasteiger partial charge in [-0.3, -0.25) is 9.59 Å². The van der Waals surface area contributed by atoms with Gasteiger partial charge in [0.1, 0.15) is 0 Å². The number of rotatable bonds is 5. The fourth-order valence-corrected chi connectivity index (χ4v) is 3.21. The molecule has 1 saturated heterocycles. The molecule has 2 aromatic rings. The molecule has 6 nitrogen and oxygen atoms in total. The van der Waals surface area contributed by atoms with Crippen LogP contribution in [0, 0.1) is 19.8 Å². The molecule has 0 radical (unpaired) electrons. The maximum atomic E-state index is 12.7. The lowest BCUT2D eigenvalue weighted by Crippen LogP contribution is -2.28. The summed E-state index contributed by atoms with van der Waals surface area (Å²) in [7, 11) is 0. The van der Waals surface area contributed by atoms with Crippen LogP contribution in [0.25, 0.3) is 0 Å². The summed E-state index contributed by atoms with van der Waals surface area (Å²) in [5.41, 5.74) is 3.96. The molecule has 28 heavy (non-hydrogen) atoms. The highest BCUT2D eigenvalue weighted by molar-refractivity contribution is 6.04. The Hall–Kier alpha value is -3.15. The summed E-state index contributed by atoms with van der Waals surface area (Å²) < 4.78 is 4.98. The van der Waals surface area contributed by atoms with Crippen LogP contribution < -0.4 is 10.2 Å². The van der Waals surface area contributed by atoms with Crippen molar-refractivity contribution in [3.8, 4) is 0 Å². The van der Waals surface area contributed by atoms with Gasteiger partial charge in [-0.05, 0) is 62.2 Å². The second kappa shape index (κ2) is 8.25. The monoisotopic (exact) mass is 380 g/mol. The van der Waals surface area contributed by atoms with Crippen molar-refractivity contribution in [2.24, 2.45) is 5.92 Å². The van der Waals surface area contributed by atoms with Gasteiger partial charge in [0.05, 0.1) is 18.1 Å². The van der Waals surface area contributed by atoms with Crippen LogP contribution in [-0.4, -0.2) is 30.9 Å². The van der Waals surface area contributed by atoms with Gasteiger partial charge in [0.25, 0.3) is 0 Å². The van der Waals surface area contributed by atoms with E-state index in [1.807, 2.05) is 32.0 Å². The topological polar surface area (TPSA) is 75.7 Å². The Bertz CT molecular complexity index is 923. The third-order valence-electron chi connectivity index (χ3n) is 4.94. The van der Waals surface area contributed by atoms with E-state index < -0.39 is 11.9 Å². The molecular weight excluding hydrogens is 356 g/mol. The minimum absolute atomic E-state index is 0.0660. The first-order chi connectivity index (χ1) is 13.4. The Morgan fingerprint density at radius 1 is 1.14 bits per heavy atom. The zero-order valence-corrected chi connectivity index (χ0v) is 16.3. The highest BCUT2D eigenvalue weighted by atomic mass is 16.5. The molecule has 2 aromatic carbocycles. The maximum absolute atomic E-state index is 12.7. The Balaban J connectivity index is 1.69. The van der Waals surface area contributed by atoms with Gasteiger partial charge in [0.15, 0.2) is 0 Å². The first-order valence-corrected chi connectivity index (χ1v) is 9.34. The summed E-state index contributed by atoms with van der Waals surface area (Å²) in [4.78, 5) is 38.6. The molecule has 1 heterocycles. The fourth-order valence-electron chi connectivity index (χ4n) is 3.21. The summed E-state index contributed by atoms with van der Waals surface area (Å²) in [6.07, 6.45) is 0.163. The number of aryl methyl sites for hydroxylation is 2. The number of hydrogen-bond acceptors (Lipinski definition) is 4. The Morgan fingerprint density at radius 3 is 2.64 bits per heavy atom. The number of carbonyl (C=O) groups is 3. The van der Waals surface area contributed by atoms with Gasteiger partial charge >= 0.3 is 5.97 Å². The molecule has 0 saturated carbocycles. The third kappa shape index (κ3) is 4.22. The molecule has 0 aliphatic carbocycles. The zero-order chi connectivity index (χ0) is 20.3. The second-order valence-electron chi connectivity index (χ2n) is 6.96. The molecule has 1 atom stereocenters. The van der Waals surface area contributed by atoms with Crippen LogP contribution in [0.5, 0.6) is 0 Å². The minimum Gasteiger partial charge on any atom is -0.462 e. The van der Waals surface area contributed by atoms with Crippen molar-refractivity contribution >= 4 is 29.2 Å². The van der Waals surface area contributed by atoms with Gasteiger partial charge in [0, 0.05) is 24.3 Å². The smallest absolute Gasteiger partial charge is 0.338 e. The van der Waals surface area contributed by atoms with Crippen LogP contribution in [0.2, 0.25) is 0 Å². The van der Waals surface area contributed by atoms with Gasteiger partial charge in [-0.15, -0.1) is 0 Å². The third-order valence-corrected chi connectivity index (χ3v) is 4.94. The minimum atomic E-state index is -0.444. The number of hydrogen-bond donors (Lipinski definition) is 1. The molecule has 146 valence electrons. The summed E-state index contributed by atoms with van der Waals surface area (Å²) in [5.74, 6) is -1.18. The number of nitrogens with one attached hydrogen (secondary N) is 1. The molecule has 1 aliphatic rings. The SMILES string of the molecule is CCOC(=O)c1cccc(NC(=O)[C@@H]2CC(=O)N(c3ccc(C)c(C)c3)C2)c1. The number of esters is 1. The fraction of sp³-hybridized carbons (Fsp3) is 0.318. The van der Waals surface area contributed by atoms with Crippen LogP contribution in [-0.2, 0) is 14.3 Å². The van der Waals surface area contributed by atoms with E-state index in [9.17, 15) is 14.4 Å². The summed E-state index contributed by atoms with van der Waals surface area (Å²) in [6, 6.07) is 12.5. The first kappa shape index (κ1) is 19.6. The number of nitrogens with zero attached hydrogens (tertiary/aromatic N) is 1. The molecule has 2 amide bonds. The molecule has 0 bridgehead atoms. The van der Waals surface area contributed by atoms with E-state index >= 15 is 0 Å². The van der Waals surface area contributed by atoms with Gasteiger partial charge in [0.2, 0.25) is 11.8 Å². The lowest BCUT2D eigenvalue weighted by atomic mass is 10.1. The summed E-state index contributed by atoms with van der Waals surface area (Å²) in [5, 5.41) is 2.81. The van der Waals surface area contributed by atoms with Crippen molar-refractivity contribution in [2.75, 3.05) is 23.4 Å². The lowest BCUT2D eigenvalue weighted by molar-refractivity contribution is -0.122. The maximum Gasteiger partial charge on any atom is 0.338 e. The van der Waals surface area contributed by atoms with Crippen molar-refractivity contribution in [1.82, 2.24) is 0 Å². The Kier molecular flexibility index (Phi) is 5.78. The van der Waals surface area contributed by atoms with E-state index in [1.54, 1.807) is 36.1 Å². The number of carbonyl (C=O) groups excluding carboxylic acids is 3. The van der Waals surface area contributed by atoms with Crippen molar-refractivity contribution in [1.29, 1.82) is 0 Å². The predicted molar refractivity (Wildman–Crippen MR) is 107 cm³/mol. The number of anilines is 2. The van der Waals surface area contributed by atoms with E-state index in [1.165, 1.54) is 0 Å². The molecular formula is C22H24N2O4. The van der Waals surface area contributed by atoms with Crippen LogP contribution in [0.3, 0.4) is 0 Å². The normalized spacial score (nSPS) is 16.2. The zero-order valence-electron chi connectivity index (χ0n) is 16.3. The number of amides is 2. The van der Waals surface area contributed by atoms with Gasteiger partial charge in [-0.2, -0.15) is 0 Å². The van der Waals surface area contributed by atoms with Crippen LogP contribution >= 0.6 is 0 Å². The van der Waals surface area contributed by atoms with Crippen molar-refractivity contribution in [3.05, 3.63) is 59.2 Å². The van der Waals surface area contributed by atoms with E-state index in [2.05, 4.69) is 5.32 Å². The molecule has 1 N–H and O–H groups in total. The predicted octanol–water partition coefficient (Wildman–Crippen LogP) is 3.47. The van der Waals surface area contributed by atoms with Gasteiger partial charge in [-0.25, -0.2) is 4.79 Å². The highest BCUT2D eigenvalue weighted by Gasteiger charge is 2.35. The largest absolute Gasteiger partial charge is 0.462 e. The average molecular weight is 380 g/mol. The van der Waals surface area contributed by atoms with Crippen molar-refractivity contribution in [2.45, 2.75) is 27.2 Å². The van der Waals surface area contributed by atoms with Gasteiger partial charge < -0.3 is 15.0 Å². The van der Waals surface area contributed by atoms with Crippen LogP contribution in [0.4, 0.5) is 11.4 Å². The summed E-state index contributed by atoms with van der Waals surface area (Å²) >= 11 is 0. The Labute approximate surface area is 164 Å². The van der Waals surface area contributed by atoms with Crippen molar-refractivity contribution < 1.29 is 19.1 Å². The van der Waals surface area contributed by atoms with E-state index in [0.29, 0.717) is 17.8 Å². The average Bonchev–Trinajstić information content (AvgIpc) is 3.06.